The van der Waals surface area contributed by atoms with Crippen molar-refractivity contribution < 1.29 is 29.5 Å². The second-order valence-electron chi connectivity index (χ2n) is 14.3. The number of pyridine rings is 1. The number of piperidine rings is 1. The molecule has 0 radical (unpaired) electrons. The van der Waals surface area contributed by atoms with E-state index in [9.17, 15) is 20.6 Å². The molecule has 1 aromatic heterocycles. The Bertz CT molecular complexity index is 1760. The third-order valence-electron chi connectivity index (χ3n) is 10.1. The third-order valence-corrected chi connectivity index (χ3v) is 11.0. The van der Waals surface area contributed by atoms with Gasteiger partial charge in [-0.05, 0) is 74.9 Å². The molecule has 10 nitrogen and oxygen atoms in total. The van der Waals surface area contributed by atoms with Crippen molar-refractivity contribution in [1.29, 1.82) is 5.26 Å². The number of nitriles is 1. The number of aliphatic hydroxyl groups excluding tert-OH is 3. The van der Waals surface area contributed by atoms with Gasteiger partial charge in [0.25, 0.3) is 0 Å². The van der Waals surface area contributed by atoms with E-state index in [1.807, 2.05) is 55.5 Å². The number of benzene rings is 2. The number of alkyl halides is 1. The van der Waals surface area contributed by atoms with Gasteiger partial charge in [0.1, 0.15) is 41.3 Å². The average Bonchev–Trinajstić information content (AvgIpc) is 3.18. The van der Waals surface area contributed by atoms with Crippen molar-refractivity contribution in [1.82, 2.24) is 15.2 Å². The Labute approximate surface area is 322 Å². The SMILES string of the molecule is CC(CO)(CO)NCc1cc(Cl)c(OCC2(OCCCN3CCCC(CO)C3)C=CC=C(c3ccccc3)C2(C)Cl)cc1OCc1cncc(C#N)c1. The van der Waals surface area contributed by atoms with E-state index >= 15 is 0 Å². The summed E-state index contributed by atoms with van der Waals surface area (Å²) in [6.45, 7) is 6.83. The molecule has 3 aromatic rings. The molecule has 2 heterocycles. The number of nitrogens with zero attached hydrogens (tertiary/aromatic N) is 3. The molecule has 284 valence electrons. The second kappa shape index (κ2) is 18.7. The molecular weight excluding hydrogens is 715 g/mol. The molecule has 53 heavy (non-hydrogen) atoms. The largest absolute Gasteiger partial charge is 0.488 e. The lowest BCUT2D eigenvalue weighted by Crippen LogP contribution is -2.55. The molecule has 1 fully saturated rings. The first-order chi connectivity index (χ1) is 25.5. The van der Waals surface area contributed by atoms with Crippen molar-refractivity contribution in [2.24, 2.45) is 5.92 Å². The number of likely N-dealkylation sites (tertiary alicyclic amines) is 1. The molecule has 0 saturated carbocycles. The van der Waals surface area contributed by atoms with Gasteiger partial charge in [-0.15, -0.1) is 11.6 Å². The van der Waals surface area contributed by atoms with Crippen LogP contribution in [0, 0.1) is 17.2 Å². The maximum atomic E-state index is 9.87. The third kappa shape index (κ3) is 10.2. The number of allylic oxidation sites excluding steroid dienone is 2. The molecule has 3 unspecified atom stereocenters. The molecule has 4 N–H and O–H groups in total. The lowest BCUT2D eigenvalue weighted by Gasteiger charge is -2.45. The van der Waals surface area contributed by atoms with Crippen LogP contribution in [-0.4, -0.2) is 93.9 Å². The number of hydrogen-bond donors (Lipinski definition) is 4. The fourth-order valence-corrected chi connectivity index (χ4v) is 7.27. The molecule has 2 aromatic carbocycles. The highest BCUT2D eigenvalue weighted by molar-refractivity contribution is 6.32. The Hall–Kier alpha value is -3.50. The van der Waals surface area contributed by atoms with E-state index in [2.05, 4.69) is 21.3 Å². The van der Waals surface area contributed by atoms with Gasteiger partial charge in [-0.2, -0.15) is 5.26 Å². The zero-order valence-electron chi connectivity index (χ0n) is 30.4. The molecule has 5 rings (SSSR count). The lowest BCUT2D eigenvalue weighted by molar-refractivity contribution is -0.0549. The van der Waals surface area contributed by atoms with Crippen molar-refractivity contribution in [2.75, 3.05) is 52.7 Å². The van der Waals surface area contributed by atoms with E-state index in [1.54, 1.807) is 31.3 Å². The van der Waals surface area contributed by atoms with Gasteiger partial charge in [-0.1, -0.05) is 54.1 Å². The van der Waals surface area contributed by atoms with E-state index in [1.165, 1.54) is 6.20 Å². The summed E-state index contributed by atoms with van der Waals surface area (Å²) < 4.78 is 19.6. The number of aliphatic hydroxyl groups is 3. The zero-order valence-corrected chi connectivity index (χ0v) is 32.0. The Morgan fingerprint density at radius 1 is 1.09 bits per heavy atom. The van der Waals surface area contributed by atoms with Crippen LogP contribution >= 0.6 is 23.2 Å². The van der Waals surface area contributed by atoms with Crippen LogP contribution < -0.4 is 14.8 Å². The number of nitrogens with one attached hydrogen (secondary N) is 1. The van der Waals surface area contributed by atoms with Crippen LogP contribution in [0.15, 0.2) is 79.2 Å². The smallest absolute Gasteiger partial charge is 0.143 e. The maximum Gasteiger partial charge on any atom is 0.143 e. The summed E-state index contributed by atoms with van der Waals surface area (Å²) in [6.07, 6.45) is 11.9. The summed E-state index contributed by atoms with van der Waals surface area (Å²) in [5.74, 6) is 1.11. The number of ether oxygens (including phenoxy) is 3. The molecule has 0 bridgehead atoms. The molecule has 1 saturated heterocycles. The highest BCUT2D eigenvalue weighted by atomic mass is 35.5. The summed E-state index contributed by atoms with van der Waals surface area (Å²) in [5, 5.41) is 42.3. The first-order valence-corrected chi connectivity index (χ1v) is 18.8. The Morgan fingerprint density at radius 3 is 2.62 bits per heavy atom. The van der Waals surface area contributed by atoms with E-state index in [0.29, 0.717) is 45.7 Å². The first-order valence-electron chi connectivity index (χ1n) is 18.1. The highest BCUT2D eigenvalue weighted by Crippen LogP contribution is 2.48. The normalized spacial score (nSPS) is 21.9. The predicted octanol–water partition coefficient (Wildman–Crippen LogP) is 5.90. The van der Waals surface area contributed by atoms with Crippen LogP contribution in [0.3, 0.4) is 0 Å². The van der Waals surface area contributed by atoms with Crippen molar-refractivity contribution in [3.05, 3.63) is 106 Å². The molecule has 0 amide bonds. The predicted molar refractivity (Wildman–Crippen MR) is 207 cm³/mol. The number of rotatable bonds is 18. The van der Waals surface area contributed by atoms with Crippen molar-refractivity contribution in [2.45, 2.75) is 62.3 Å². The van der Waals surface area contributed by atoms with E-state index in [-0.39, 0.29) is 39.6 Å². The second-order valence-corrected chi connectivity index (χ2v) is 15.4. The highest BCUT2D eigenvalue weighted by Gasteiger charge is 2.51. The Balaban J connectivity index is 1.40. The minimum absolute atomic E-state index is 0.0297. The summed E-state index contributed by atoms with van der Waals surface area (Å²) in [6, 6.07) is 17.2. The van der Waals surface area contributed by atoms with Crippen LogP contribution in [0.25, 0.3) is 5.57 Å². The fourth-order valence-electron chi connectivity index (χ4n) is 6.68. The molecule has 1 aliphatic carbocycles. The van der Waals surface area contributed by atoms with E-state index < -0.39 is 16.0 Å². The Kier molecular flexibility index (Phi) is 14.4. The van der Waals surface area contributed by atoms with Gasteiger partial charge in [0, 0.05) is 62.4 Å². The molecular formula is C41H50Cl2N4O6. The average molecular weight is 766 g/mol. The van der Waals surface area contributed by atoms with Crippen LogP contribution in [-0.2, 0) is 17.9 Å². The molecule has 1 aliphatic heterocycles. The van der Waals surface area contributed by atoms with Gasteiger partial charge in [0.15, 0.2) is 0 Å². The number of aromatic nitrogens is 1. The molecule has 2 aliphatic rings. The summed E-state index contributed by atoms with van der Waals surface area (Å²) in [4.78, 5) is 5.49. The van der Waals surface area contributed by atoms with Crippen LogP contribution in [0.1, 0.15) is 55.4 Å². The van der Waals surface area contributed by atoms with Crippen LogP contribution in [0.5, 0.6) is 11.5 Å². The van der Waals surface area contributed by atoms with Crippen LogP contribution in [0.4, 0.5) is 0 Å². The number of halogens is 2. The van der Waals surface area contributed by atoms with Crippen molar-refractivity contribution in [3.63, 3.8) is 0 Å². The van der Waals surface area contributed by atoms with Gasteiger partial charge in [-0.3, -0.25) is 4.98 Å². The van der Waals surface area contributed by atoms with E-state index in [4.69, 9.17) is 37.4 Å². The van der Waals surface area contributed by atoms with Crippen molar-refractivity contribution in [3.8, 4) is 17.6 Å². The first kappa shape index (κ1) is 40.7. The van der Waals surface area contributed by atoms with Gasteiger partial charge in [0.05, 0.1) is 29.3 Å². The summed E-state index contributed by atoms with van der Waals surface area (Å²) in [5.41, 5.74) is 1.62. The summed E-state index contributed by atoms with van der Waals surface area (Å²) in [7, 11) is 0. The molecule has 0 spiro atoms. The number of hydrogen-bond acceptors (Lipinski definition) is 10. The van der Waals surface area contributed by atoms with Crippen LogP contribution in [0.2, 0.25) is 5.02 Å². The van der Waals surface area contributed by atoms with Gasteiger partial charge in [-0.25, -0.2) is 0 Å². The maximum absolute atomic E-state index is 9.87. The summed E-state index contributed by atoms with van der Waals surface area (Å²) >= 11 is 14.5. The minimum atomic E-state index is -1.10. The van der Waals surface area contributed by atoms with Crippen molar-refractivity contribution >= 4 is 28.8 Å². The lowest BCUT2D eigenvalue weighted by atomic mass is 9.76. The zero-order chi connectivity index (χ0) is 37.9. The van der Waals surface area contributed by atoms with Gasteiger partial charge >= 0.3 is 0 Å². The topological polar surface area (TPSA) is 140 Å². The van der Waals surface area contributed by atoms with Gasteiger partial charge in [0.2, 0.25) is 0 Å². The van der Waals surface area contributed by atoms with E-state index in [0.717, 1.165) is 50.0 Å². The molecule has 12 heteroatoms. The van der Waals surface area contributed by atoms with Gasteiger partial charge < -0.3 is 39.7 Å². The fraction of sp³-hybridized carbons (Fsp3) is 0.463. The standard InChI is InChI=1S/C41H50Cl2N4O6/c1-39(27-49,28-50)46-23-34-18-36(42)38(19-37(34)51-26-32-17-31(20-44)21-45-22-32)52-29-41(53-16-8-15-47-14-7-9-30(24-47)25-48)13-6-12-35(40(41,2)43)33-10-4-3-5-11-33/h3-6,10-13,17-19,21-22,30,46,48-50H,7-9,14-16,23-29H2,1-2H3. The minimum Gasteiger partial charge on any atom is -0.488 e. The quantitative estimate of drug-likeness (QED) is 0.0915. The Morgan fingerprint density at radius 2 is 1.89 bits per heavy atom. The monoisotopic (exact) mass is 764 g/mol. The molecule has 3 atom stereocenters.